The molecule has 0 aromatic rings. The Morgan fingerprint density at radius 1 is 1.12 bits per heavy atom. The fraction of sp³-hybridized carbons (Fsp3) is 0.778. The van der Waals surface area contributed by atoms with E-state index in [0.29, 0.717) is 0 Å². The van der Waals surface area contributed by atoms with Gasteiger partial charge in [0.15, 0.2) is 0 Å². The summed E-state index contributed by atoms with van der Waals surface area (Å²) in [5, 5.41) is -1.38. The quantitative estimate of drug-likeness (QED) is 0.550. The third-order valence-corrected chi connectivity index (χ3v) is 3.01. The van der Waals surface area contributed by atoms with E-state index in [-0.39, 0.29) is 11.7 Å². The van der Waals surface area contributed by atoms with Gasteiger partial charge in [0.05, 0.1) is 11.7 Å². The summed E-state index contributed by atoms with van der Waals surface area (Å²) >= 11 is 0. The van der Waals surface area contributed by atoms with Gasteiger partial charge in [0, 0.05) is 6.92 Å². The minimum atomic E-state index is -3.90. The Morgan fingerprint density at radius 2 is 1.62 bits per heavy atom. The first-order chi connectivity index (χ1) is 7.20. The third-order valence-electron chi connectivity index (χ3n) is 1.65. The highest BCUT2D eigenvalue weighted by atomic mass is 32.2. The van der Waals surface area contributed by atoms with E-state index in [1.54, 1.807) is 13.8 Å². The molecule has 1 atom stereocenters. The summed E-state index contributed by atoms with van der Waals surface area (Å²) in [7, 11) is -3.90. The first-order valence-corrected chi connectivity index (χ1v) is 6.49. The molecule has 16 heavy (non-hydrogen) atoms. The molecule has 0 saturated carbocycles. The molecule has 0 aliphatic rings. The average Bonchev–Trinajstić information content (AvgIpc) is 2.17. The second-order valence-electron chi connectivity index (χ2n) is 3.43. The largest absolute Gasteiger partial charge is 0.427 e. The van der Waals surface area contributed by atoms with Crippen LogP contribution in [0, 0.1) is 5.92 Å². The molecule has 94 valence electrons. The Bertz CT molecular complexity index is 356. The second kappa shape index (κ2) is 5.83. The van der Waals surface area contributed by atoms with E-state index in [2.05, 4.69) is 9.47 Å². The van der Waals surface area contributed by atoms with Crippen LogP contribution in [0.15, 0.2) is 0 Å². The van der Waals surface area contributed by atoms with Gasteiger partial charge in [0.25, 0.3) is 0 Å². The Hall–Kier alpha value is -1.11. The Labute approximate surface area is 94.8 Å². The van der Waals surface area contributed by atoms with Crippen LogP contribution in [-0.4, -0.2) is 31.7 Å². The van der Waals surface area contributed by atoms with E-state index in [0.717, 1.165) is 0 Å². The van der Waals surface area contributed by atoms with Crippen LogP contribution in [0.3, 0.4) is 0 Å². The summed E-state index contributed by atoms with van der Waals surface area (Å²) in [4.78, 5) is 22.1. The molecule has 0 rings (SSSR count). The predicted octanol–water partition coefficient (Wildman–Crippen LogP) is 1.10. The van der Waals surface area contributed by atoms with E-state index in [1.165, 1.54) is 13.8 Å². The van der Waals surface area contributed by atoms with Crippen LogP contribution in [0.5, 0.6) is 0 Å². The van der Waals surface area contributed by atoms with Crippen molar-refractivity contribution >= 4 is 21.1 Å². The molecule has 1 unspecified atom stereocenters. The number of hydrogen-bond acceptors (Lipinski definition) is 6. The molecule has 0 heterocycles. The number of ether oxygens (including phenoxy) is 2. The first kappa shape index (κ1) is 14.9. The van der Waals surface area contributed by atoms with E-state index < -0.39 is 27.4 Å². The van der Waals surface area contributed by atoms with Gasteiger partial charge in [-0.1, -0.05) is 20.8 Å². The molecule has 0 N–H and O–H groups in total. The maximum Gasteiger partial charge on any atom is 0.427 e. The highest BCUT2D eigenvalue weighted by Crippen LogP contribution is 2.05. The van der Waals surface area contributed by atoms with Crippen LogP contribution < -0.4 is 0 Å². The molecule has 7 heteroatoms. The number of carbonyl (C=O) groups excluding carboxylic acids is 2. The molecule has 0 aliphatic heterocycles. The van der Waals surface area contributed by atoms with E-state index in [4.69, 9.17) is 0 Å². The number of sulfone groups is 1. The second-order valence-corrected chi connectivity index (χ2v) is 5.57. The Kier molecular flexibility index (Phi) is 5.43. The summed E-state index contributed by atoms with van der Waals surface area (Å²) in [6, 6.07) is 0. The zero-order chi connectivity index (χ0) is 12.9. The molecule has 6 nitrogen and oxygen atoms in total. The highest BCUT2D eigenvalue weighted by Gasteiger charge is 2.25. The summed E-state index contributed by atoms with van der Waals surface area (Å²) in [5.74, 6) is -1.28. The van der Waals surface area contributed by atoms with Crippen molar-refractivity contribution in [3.8, 4) is 0 Å². The van der Waals surface area contributed by atoms with Gasteiger partial charge in [0.2, 0.25) is 16.1 Å². The topological polar surface area (TPSA) is 86.7 Å². The van der Waals surface area contributed by atoms with Gasteiger partial charge >= 0.3 is 11.3 Å². The van der Waals surface area contributed by atoms with Crippen molar-refractivity contribution in [2.24, 2.45) is 5.92 Å². The lowest BCUT2D eigenvalue weighted by molar-refractivity contribution is -0.167. The van der Waals surface area contributed by atoms with Crippen LogP contribution in [-0.2, 0) is 24.1 Å². The maximum atomic E-state index is 11.1. The highest BCUT2D eigenvalue weighted by molar-refractivity contribution is 8.05. The van der Waals surface area contributed by atoms with Crippen molar-refractivity contribution < 1.29 is 27.5 Å². The van der Waals surface area contributed by atoms with Crippen LogP contribution in [0.25, 0.3) is 0 Å². The van der Waals surface area contributed by atoms with E-state index in [1.807, 2.05) is 0 Å². The third kappa shape index (κ3) is 4.61. The van der Waals surface area contributed by atoms with E-state index in [9.17, 15) is 18.0 Å². The van der Waals surface area contributed by atoms with Gasteiger partial charge in [-0.15, -0.1) is 0 Å². The molecule has 0 aliphatic carbocycles. The molecular formula is C9H16O6S. The van der Waals surface area contributed by atoms with Crippen LogP contribution in [0.4, 0.5) is 4.79 Å². The molecule has 0 aromatic heterocycles. The van der Waals surface area contributed by atoms with Crippen LogP contribution >= 0.6 is 0 Å². The van der Waals surface area contributed by atoms with Crippen molar-refractivity contribution in [2.45, 2.75) is 34.0 Å². The zero-order valence-electron chi connectivity index (χ0n) is 9.72. The lowest BCUT2D eigenvalue weighted by Gasteiger charge is -2.14. The summed E-state index contributed by atoms with van der Waals surface area (Å²) in [5.41, 5.74) is 0. The van der Waals surface area contributed by atoms with Crippen molar-refractivity contribution in [3.63, 3.8) is 0 Å². The normalized spacial score (nSPS) is 13.3. The Balaban J connectivity index is 4.32. The minimum Gasteiger partial charge on any atom is -0.425 e. The van der Waals surface area contributed by atoms with Gasteiger partial charge in [-0.2, -0.15) is 0 Å². The van der Waals surface area contributed by atoms with Gasteiger partial charge in [0.1, 0.15) is 0 Å². The minimum absolute atomic E-state index is 0.351. The average molecular weight is 252 g/mol. The fourth-order valence-corrected chi connectivity index (χ4v) is 1.17. The lowest BCUT2D eigenvalue weighted by Crippen LogP contribution is -2.27. The lowest BCUT2D eigenvalue weighted by atomic mass is 10.2. The predicted molar refractivity (Wildman–Crippen MR) is 56.3 cm³/mol. The standard InChI is InChI=1S/C9H16O6S/c1-5-16(12,13)9(11)15-7(4)14-8(10)6(2)3/h6-7H,5H2,1-4H3. The number of hydrogen-bond donors (Lipinski definition) is 0. The van der Waals surface area contributed by atoms with Gasteiger partial charge < -0.3 is 9.47 Å². The van der Waals surface area contributed by atoms with Crippen molar-refractivity contribution in [1.29, 1.82) is 0 Å². The summed E-state index contributed by atoms with van der Waals surface area (Å²) in [6.45, 7) is 5.82. The van der Waals surface area contributed by atoms with Crippen molar-refractivity contribution in [3.05, 3.63) is 0 Å². The Morgan fingerprint density at radius 3 is 2.00 bits per heavy atom. The van der Waals surface area contributed by atoms with Crippen LogP contribution in [0.2, 0.25) is 0 Å². The number of esters is 1. The fourth-order valence-electron chi connectivity index (χ4n) is 0.650. The van der Waals surface area contributed by atoms with Gasteiger partial charge in [-0.05, 0) is 0 Å². The molecule has 0 bridgehead atoms. The molecule has 0 saturated heterocycles. The molecule has 0 amide bonds. The molecule has 0 fully saturated rings. The molecule has 0 aromatic carbocycles. The monoisotopic (exact) mass is 252 g/mol. The summed E-state index contributed by atoms with van der Waals surface area (Å²) in [6.07, 6.45) is -1.20. The summed E-state index contributed by atoms with van der Waals surface area (Å²) < 4.78 is 31.2. The molecule has 0 radical (unpaired) electrons. The smallest absolute Gasteiger partial charge is 0.425 e. The van der Waals surface area contributed by atoms with Crippen molar-refractivity contribution in [1.82, 2.24) is 0 Å². The number of rotatable bonds is 4. The van der Waals surface area contributed by atoms with E-state index >= 15 is 0 Å². The van der Waals surface area contributed by atoms with Crippen molar-refractivity contribution in [2.75, 3.05) is 5.75 Å². The maximum absolute atomic E-state index is 11.1. The number of carbonyl (C=O) groups is 2. The zero-order valence-corrected chi connectivity index (χ0v) is 10.5. The van der Waals surface area contributed by atoms with Gasteiger partial charge in [-0.25, -0.2) is 13.2 Å². The molecule has 0 spiro atoms. The SMILES string of the molecule is CCS(=O)(=O)C(=O)OC(C)OC(=O)C(C)C. The first-order valence-electron chi connectivity index (χ1n) is 4.84. The molecular weight excluding hydrogens is 236 g/mol. The van der Waals surface area contributed by atoms with Gasteiger partial charge in [-0.3, -0.25) is 4.79 Å². The van der Waals surface area contributed by atoms with Crippen LogP contribution in [0.1, 0.15) is 27.7 Å².